The molecule has 3 aromatic rings. The Labute approximate surface area is 165 Å². The highest BCUT2D eigenvalue weighted by molar-refractivity contribution is 5.92. The molecule has 2 heterocycles. The first kappa shape index (κ1) is 19.8. The number of benzene rings is 1. The quantitative estimate of drug-likeness (QED) is 0.688. The monoisotopic (exact) mass is 381 g/mol. The van der Waals surface area contributed by atoms with Gasteiger partial charge in [0.1, 0.15) is 17.7 Å². The van der Waals surface area contributed by atoms with Crippen LogP contribution in [0.4, 0.5) is 10.6 Å². The normalized spacial score (nSPS) is 11.8. The molecule has 1 aromatic carbocycles. The van der Waals surface area contributed by atoms with Crippen LogP contribution in [0.3, 0.4) is 0 Å². The molecule has 0 bridgehead atoms. The van der Waals surface area contributed by atoms with Crippen LogP contribution in [0.2, 0.25) is 0 Å². The van der Waals surface area contributed by atoms with Gasteiger partial charge in [0.15, 0.2) is 0 Å². The molecule has 2 aromatic heterocycles. The fourth-order valence-corrected chi connectivity index (χ4v) is 2.74. The van der Waals surface area contributed by atoms with Gasteiger partial charge in [0.2, 0.25) is 0 Å². The summed E-state index contributed by atoms with van der Waals surface area (Å²) >= 11 is 0. The van der Waals surface area contributed by atoms with Crippen molar-refractivity contribution in [2.75, 3.05) is 11.9 Å². The summed E-state index contributed by atoms with van der Waals surface area (Å²) in [5.41, 5.74) is 2.05. The van der Waals surface area contributed by atoms with E-state index < -0.39 is 11.7 Å². The van der Waals surface area contributed by atoms with E-state index in [-0.39, 0.29) is 0 Å². The molecule has 0 atom stereocenters. The van der Waals surface area contributed by atoms with Gasteiger partial charge < -0.3 is 10.1 Å². The zero-order valence-electron chi connectivity index (χ0n) is 17.1. The van der Waals surface area contributed by atoms with Crippen molar-refractivity contribution in [1.82, 2.24) is 19.7 Å². The highest BCUT2D eigenvalue weighted by Gasteiger charge is 2.19. The number of hydrogen-bond acceptors (Lipinski definition) is 6. The van der Waals surface area contributed by atoms with Gasteiger partial charge in [-0.1, -0.05) is 19.9 Å². The van der Waals surface area contributed by atoms with Gasteiger partial charge in [-0.05, 0) is 50.8 Å². The van der Waals surface area contributed by atoms with E-state index in [2.05, 4.69) is 34.2 Å². The Morgan fingerprint density at radius 1 is 1.21 bits per heavy atom. The lowest BCUT2D eigenvalue weighted by atomic mass is 10.1. The van der Waals surface area contributed by atoms with Gasteiger partial charge >= 0.3 is 6.09 Å². The van der Waals surface area contributed by atoms with Crippen LogP contribution >= 0.6 is 0 Å². The van der Waals surface area contributed by atoms with E-state index in [1.807, 2.05) is 39.0 Å². The van der Waals surface area contributed by atoms with Crippen molar-refractivity contribution in [2.45, 2.75) is 46.6 Å². The minimum Gasteiger partial charge on any atom is -0.442 e. The summed E-state index contributed by atoms with van der Waals surface area (Å²) < 4.78 is 6.57. The van der Waals surface area contributed by atoms with Gasteiger partial charge in [-0.15, -0.1) is 0 Å². The average molecular weight is 381 g/mol. The molecule has 0 aliphatic heterocycles. The predicted octanol–water partition coefficient (Wildman–Crippen LogP) is 4.73. The molecule has 0 radical (unpaired) electrons. The lowest BCUT2D eigenvalue weighted by Gasteiger charge is -2.18. The van der Waals surface area contributed by atoms with E-state index >= 15 is 0 Å². The molecule has 0 fully saturated rings. The van der Waals surface area contributed by atoms with Crippen LogP contribution in [0.1, 0.15) is 41.0 Å². The average Bonchev–Trinajstić information content (AvgIpc) is 3.10. The summed E-state index contributed by atoms with van der Waals surface area (Å²) in [6.45, 7) is 10.7. The van der Waals surface area contributed by atoms with Gasteiger partial charge in [-0.25, -0.2) is 14.8 Å². The van der Waals surface area contributed by atoms with Crippen molar-refractivity contribution < 1.29 is 9.53 Å². The maximum Gasteiger partial charge on any atom is 0.435 e. The number of carbonyl (C=O) groups is 1. The molecule has 7 nitrogen and oxygen atoms in total. The highest BCUT2D eigenvalue weighted by Crippen LogP contribution is 2.27. The largest absolute Gasteiger partial charge is 0.442 e. The SMILES string of the molecule is CC(C)CCNc1ncnc2ccc(-c3cnn(C(=O)OC(C)(C)C)c3)cc12. The molecule has 0 aliphatic carbocycles. The molecule has 0 amide bonds. The molecule has 0 aliphatic rings. The molecule has 0 unspecified atom stereocenters. The Balaban J connectivity index is 1.87. The summed E-state index contributed by atoms with van der Waals surface area (Å²) in [4.78, 5) is 20.9. The topological polar surface area (TPSA) is 81.9 Å². The molecule has 0 saturated heterocycles. The maximum atomic E-state index is 12.2. The number of anilines is 1. The first-order valence-electron chi connectivity index (χ1n) is 9.50. The summed E-state index contributed by atoms with van der Waals surface area (Å²) in [6.07, 6.45) is 5.46. The van der Waals surface area contributed by atoms with Crippen LogP contribution in [0.25, 0.3) is 22.0 Å². The Morgan fingerprint density at radius 3 is 2.71 bits per heavy atom. The van der Waals surface area contributed by atoms with Gasteiger partial charge in [0.05, 0.1) is 11.7 Å². The lowest BCUT2D eigenvalue weighted by molar-refractivity contribution is 0.0514. The van der Waals surface area contributed by atoms with Crippen molar-refractivity contribution in [3.63, 3.8) is 0 Å². The molecule has 0 spiro atoms. The number of carbonyl (C=O) groups excluding carboxylic acids is 1. The van der Waals surface area contributed by atoms with Crippen molar-refractivity contribution in [1.29, 1.82) is 0 Å². The van der Waals surface area contributed by atoms with Crippen LogP contribution in [0.5, 0.6) is 0 Å². The van der Waals surface area contributed by atoms with E-state index in [4.69, 9.17) is 4.74 Å². The first-order valence-corrected chi connectivity index (χ1v) is 9.50. The number of ether oxygens (including phenoxy) is 1. The molecule has 1 N–H and O–H groups in total. The fourth-order valence-electron chi connectivity index (χ4n) is 2.74. The molecular weight excluding hydrogens is 354 g/mol. The third kappa shape index (κ3) is 4.85. The molecule has 148 valence electrons. The van der Waals surface area contributed by atoms with Crippen molar-refractivity contribution in [3.8, 4) is 11.1 Å². The third-order valence-electron chi connectivity index (χ3n) is 4.15. The number of nitrogens with one attached hydrogen (secondary N) is 1. The fraction of sp³-hybridized carbons (Fsp3) is 0.429. The van der Waals surface area contributed by atoms with Gasteiger partial charge in [-0.2, -0.15) is 9.78 Å². The van der Waals surface area contributed by atoms with E-state index in [1.54, 1.807) is 18.7 Å². The summed E-state index contributed by atoms with van der Waals surface area (Å²) in [5, 5.41) is 8.48. The molecular formula is C21H27N5O2. The second-order valence-corrected chi connectivity index (χ2v) is 8.22. The molecule has 28 heavy (non-hydrogen) atoms. The Kier molecular flexibility index (Phi) is 5.63. The summed E-state index contributed by atoms with van der Waals surface area (Å²) in [5.74, 6) is 1.43. The standard InChI is InChI=1S/C21H27N5O2/c1-14(2)8-9-22-19-17-10-15(6-7-18(17)23-13-24-19)16-11-25-26(12-16)20(27)28-21(3,4)5/h6-7,10-14H,8-9H2,1-5H3,(H,22,23,24). The second kappa shape index (κ2) is 7.96. The van der Waals surface area contributed by atoms with E-state index in [0.717, 1.165) is 40.8 Å². The minimum atomic E-state index is -0.569. The zero-order chi connectivity index (χ0) is 20.3. The van der Waals surface area contributed by atoms with Crippen molar-refractivity contribution in [2.24, 2.45) is 5.92 Å². The van der Waals surface area contributed by atoms with Gasteiger partial charge in [0.25, 0.3) is 0 Å². The summed E-state index contributed by atoms with van der Waals surface area (Å²) in [6, 6.07) is 5.93. The Morgan fingerprint density at radius 2 is 2.00 bits per heavy atom. The maximum absolute atomic E-state index is 12.2. The van der Waals surface area contributed by atoms with Gasteiger partial charge in [0, 0.05) is 23.7 Å². The molecule has 3 rings (SSSR count). The summed E-state index contributed by atoms with van der Waals surface area (Å²) in [7, 11) is 0. The zero-order valence-corrected chi connectivity index (χ0v) is 17.1. The number of hydrogen-bond donors (Lipinski definition) is 1. The molecule has 0 saturated carbocycles. The highest BCUT2D eigenvalue weighted by atomic mass is 16.6. The Bertz CT molecular complexity index is 972. The number of rotatable bonds is 5. The smallest absolute Gasteiger partial charge is 0.435 e. The van der Waals surface area contributed by atoms with Gasteiger partial charge in [-0.3, -0.25) is 0 Å². The number of fused-ring (bicyclic) bond motifs is 1. The van der Waals surface area contributed by atoms with Crippen LogP contribution in [-0.2, 0) is 4.74 Å². The second-order valence-electron chi connectivity index (χ2n) is 8.22. The van der Waals surface area contributed by atoms with E-state index in [1.165, 1.54) is 4.68 Å². The lowest BCUT2D eigenvalue weighted by Crippen LogP contribution is -2.27. The van der Waals surface area contributed by atoms with Crippen molar-refractivity contribution >= 4 is 22.8 Å². The third-order valence-corrected chi connectivity index (χ3v) is 4.15. The van der Waals surface area contributed by atoms with Crippen LogP contribution in [0, 0.1) is 5.92 Å². The predicted molar refractivity (Wildman–Crippen MR) is 110 cm³/mol. The minimum absolute atomic E-state index is 0.501. The van der Waals surface area contributed by atoms with E-state index in [0.29, 0.717) is 5.92 Å². The number of aromatic nitrogens is 4. The van der Waals surface area contributed by atoms with Crippen LogP contribution < -0.4 is 5.32 Å². The van der Waals surface area contributed by atoms with Crippen molar-refractivity contribution in [3.05, 3.63) is 36.9 Å². The molecule has 7 heteroatoms. The van der Waals surface area contributed by atoms with Crippen LogP contribution in [0.15, 0.2) is 36.9 Å². The number of nitrogens with zero attached hydrogens (tertiary/aromatic N) is 4. The van der Waals surface area contributed by atoms with Crippen LogP contribution in [-0.4, -0.2) is 38.0 Å². The Hall–Kier alpha value is -2.96. The first-order chi connectivity index (χ1) is 13.2. The van der Waals surface area contributed by atoms with E-state index in [9.17, 15) is 4.79 Å².